The summed E-state index contributed by atoms with van der Waals surface area (Å²) < 4.78 is 5.39. The van der Waals surface area contributed by atoms with Gasteiger partial charge < -0.3 is 25.2 Å². The lowest BCUT2D eigenvalue weighted by Gasteiger charge is -2.41. The Morgan fingerprint density at radius 2 is 2.00 bits per heavy atom. The summed E-state index contributed by atoms with van der Waals surface area (Å²) in [5, 5.41) is 6.39. The van der Waals surface area contributed by atoms with Crippen LogP contribution in [0.4, 0.5) is 22.0 Å². The second kappa shape index (κ2) is 7.14. The molecule has 1 fully saturated rings. The van der Waals surface area contributed by atoms with Crippen molar-refractivity contribution in [3.63, 3.8) is 0 Å². The van der Waals surface area contributed by atoms with Gasteiger partial charge in [-0.1, -0.05) is 13.8 Å². The van der Waals surface area contributed by atoms with Crippen molar-refractivity contribution in [2.24, 2.45) is 5.92 Å². The normalized spacial score (nSPS) is 19.9. The lowest BCUT2D eigenvalue weighted by atomic mass is 9.98. The van der Waals surface area contributed by atoms with Crippen LogP contribution in [0.25, 0.3) is 0 Å². The standard InChI is InChI=1S/C20H31N5O3/c1-11(2)17-18(26)23-16-12(3)21-15(8-14(16)24(17)7)22-13-9-25(10-13)19(27)28-20(4,5)6/h8,11,13,17H,9-10H2,1-7H3,(H,21,22)(H,23,26)/t17-/m0/s1. The van der Waals surface area contributed by atoms with E-state index in [1.165, 1.54) is 0 Å². The third-order valence-corrected chi connectivity index (χ3v) is 5.01. The van der Waals surface area contributed by atoms with E-state index in [9.17, 15) is 9.59 Å². The van der Waals surface area contributed by atoms with Crippen LogP contribution in [-0.4, -0.2) is 59.7 Å². The Morgan fingerprint density at radius 3 is 2.57 bits per heavy atom. The summed E-state index contributed by atoms with van der Waals surface area (Å²) in [6.45, 7) is 12.7. The van der Waals surface area contributed by atoms with Gasteiger partial charge in [0.2, 0.25) is 5.91 Å². The van der Waals surface area contributed by atoms with Crippen LogP contribution in [0.1, 0.15) is 40.3 Å². The maximum Gasteiger partial charge on any atom is 0.410 e. The van der Waals surface area contributed by atoms with Crippen LogP contribution in [-0.2, 0) is 9.53 Å². The Labute approximate surface area is 166 Å². The van der Waals surface area contributed by atoms with Gasteiger partial charge in [-0.15, -0.1) is 0 Å². The summed E-state index contributed by atoms with van der Waals surface area (Å²) in [7, 11) is 1.94. The molecule has 2 amide bonds. The van der Waals surface area contributed by atoms with Crippen LogP contribution in [0.5, 0.6) is 0 Å². The minimum atomic E-state index is -0.491. The van der Waals surface area contributed by atoms with Crippen molar-refractivity contribution >= 4 is 29.2 Å². The number of nitrogens with one attached hydrogen (secondary N) is 2. The molecule has 0 spiro atoms. The molecule has 2 aliphatic rings. The summed E-state index contributed by atoms with van der Waals surface area (Å²) in [6, 6.07) is 1.88. The van der Waals surface area contributed by atoms with Crippen LogP contribution in [0.3, 0.4) is 0 Å². The fourth-order valence-corrected chi connectivity index (χ4v) is 3.69. The van der Waals surface area contributed by atoms with Crippen molar-refractivity contribution in [1.82, 2.24) is 9.88 Å². The molecule has 0 saturated carbocycles. The fraction of sp³-hybridized carbons (Fsp3) is 0.650. The van der Waals surface area contributed by atoms with Gasteiger partial charge in [0.05, 0.1) is 23.1 Å². The Morgan fingerprint density at radius 1 is 1.36 bits per heavy atom. The molecule has 28 heavy (non-hydrogen) atoms. The van der Waals surface area contributed by atoms with E-state index in [2.05, 4.69) is 15.6 Å². The summed E-state index contributed by atoms with van der Waals surface area (Å²) in [5.74, 6) is 0.940. The van der Waals surface area contributed by atoms with Gasteiger partial charge in [0.15, 0.2) is 0 Å². The van der Waals surface area contributed by atoms with Gasteiger partial charge in [-0.25, -0.2) is 9.78 Å². The number of hydrogen-bond acceptors (Lipinski definition) is 6. The molecule has 0 radical (unpaired) electrons. The van der Waals surface area contributed by atoms with Gasteiger partial charge in [0, 0.05) is 26.2 Å². The van der Waals surface area contributed by atoms with E-state index in [1.54, 1.807) is 4.90 Å². The van der Waals surface area contributed by atoms with Crippen LogP contribution < -0.4 is 15.5 Å². The molecule has 0 aromatic carbocycles. The molecule has 3 rings (SSSR count). The molecule has 3 heterocycles. The molecule has 0 unspecified atom stereocenters. The number of amides is 2. The number of pyridine rings is 1. The topological polar surface area (TPSA) is 86.8 Å². The van der Waals surface area contributed by atoms with Gasteiger partial charge in [0.25, 0.3) is 0 Å². The number of hydrogen-bond donors (Lipinski definition) is 2. The van der Waals surface area contributed by atoms with Crippen molar-refractivity contribution in [1.29, 1.82) is 0 Å². The highest BCUT2D eigenvalue weighted by molar-refractivity contribution is 6.04. The van der Waals surface area contributed by atoms with E-state index in [4.69, 9.17) is 4.74 Å². The lowest BCUT2D eigenvalue weighted by Crippen LogP contribution is -2.58. The molecule has 154 valence electrons. The number of carbonyl (C=O) groups excluding carboxylic acids is 2. The number of anilines is 3. The van der Waals surface area contributed by atoms with Crippen molar-refractivity contribution in [2.75, 3.05) is 35.7 Å². The van der Waals surface area contributed by atoms with Crippen LogP contribution >= 0.6 is 0 Å². The first-order chi connectivity index (χ1) is 13.0. The number of fused-ring (bicyclic) bond motifs is 1. The quantitative estimate of drug-likeness (QED) is 0.827. The first-order valence-electron chi connectivity index (χ1n) is 9.76. The summed E-state index contributed by atoms with van der Waals surface area (Å²) in [5.41, 5.74) is 2.00. The van der Waals surface area contributed by atoms with E-state index >= 15 is 0 Å². The van der Waals surface area contributed by atoms with Crippen molar-refractivity contribution < 1.29 is 14.3 Å². The van der Waals surface area contributed by atoms with E-state index in [0.29, 0.717) is 13.1 Å². The Kier molecular flexibility index (Phi) is 5.16. The SMILES string of the molecule is Cc1nc(NC2CN(C(=O)OC(C)(C)C)C2)cc2c1NC(=O)[C@H](C(C)C)N2C. The number of carbonyl (C=O) groups is 2. The molecule has 1 saturated heterocycles. The number of aryl methyl sites for hydroxylation is 1. The molecular weight excluding hydrogens is 358 g/mol. The van der Waals surface area contributed by atoms with Crippen molar-refractivity contribution in [3.05, 3.63) is 11.8 Å². The Hall–Kier alpha value is -2.51. The largest absolute Gasteiger partial charge is 0.444 e. The molecule has 8 nitrogen and oxygen atoms in total. The zero-order valence-electron chi connectivity index (χ0n) is 17.8. The summed E-state index contributed by atoms with van der Waals surface area (Å²) >= 11 is 0. The monoisotopic (exact) mass is 389 g/mol. The molecule has 2 aliphatic heterocycles. The predicted octanol–water partition coefficient (Wildman–Crippen LogP) is 2.83. The van der Waals surface area contributed by atoms with Gasteiger partial charge in [-0.2, -0.15) is 0 Å². The number of ether oxygens (including phenoxy) is 1. The van der Waals surface area contributed by atoms with Gasteiger partial charge in [-0.05, 0) is 33.6 Å². The number of aromatic nitrogens is 1. The van der Waals surface area contributed by atoms with Crippen LogP contribution in [0.15, 0.2) is 6.07 Å². The molecule has 0 aliphatic carbocycles. The molecule has 2 N–H and O–H groups in total. The molecule has 1 aromatic heterocycles. The first-order valence-corrected chi connectivity index (χ1v) is 9.76. The third kappa shape index (κ3) is 4.00. The van der Waals surface area contributed by atoms with Crippen molar-refractivity contribution in [3.8, 4) is 0 Å². The van der Waals surface area contributed by atoms with Crippen LogP contribution in [0.2, 0.25) is 0 Å². The minimum absolute atomic E-state index is 0.00241. The van der Waals surface area contributed by atoms with Gasteiger partial charge in [-0.3, -0.25) is 4.79 Å². The second-order valence-electron chi connectivity index (χ2n) is 9.00. The number of likely N-dealkylation sites (N-methyl/N-ethyl adjacent to an activating group) is 1. The minimum Gasteiger partial charge on any atom is -0.444 e. The van der Waals surface area contributed by atoms with E-state index in [-0.39, 0.29) is 30.0 Å². The van der Waals surface area contributed by atoms with Crippen LogP contribution in [0, 0.1) is 12.8 Å². The third-order valence-electron chi connectivity index (χ3n) is 5.01. The maximum absolute atomic E-state index is 12.4. The number of likely N-dealkylation sites (tertiary alicyclic amines) is 1. The average molecular weight is 390 g/mol. The molecule has 1 atom stereocenters. The molecule has 8 heteroatoms. The van der Waals surface area contributed by atoms with Gasteiger partial charge in [0.1, 0.15) is 17.5 Å². The maximum atomic E-state index is 12.4. The summed E-state index contributed by atoms with van der Waals surface area (Å²) in [4.78, 5) is 32.8. The number of rotatable bonds is 3. The zero-order chi connectivity index (χ0) is 20.8. The smallest absolute Gasteiger partial charge is 0.410 e. The van der Waals surface area contributed by atoms with E-state index in [1.807, 2.05) is 59.6 Å². The number of nitrogens with zero attached hydrogens (tertiary/aromatic N) is 3. The second-order valence-corrected chi connectivity index (χ2v) is 9.00. The van der Waals surface area contributed by atoms with Gasteiger partial charge >= 0.3 is 6.09 Å². The highest BCUT2D eigenvalue weighted by atomic mass is 16.6. The predicted molar refractivity (Wildman–Crippen MR) is 110 cm³/mol. The van der Waals surface area contributed by atoms with E-state index < -0.39 is 5.60 Å². The fourth-order valence-electron chi connectivity index (χ4n) is 3.69. The highest BCUT2D eigenvalue weighted by Crippen LogP contribution is 2.37. The zero-order valence-corrected chi connectivity index (χ0v) is 17.8. The molecular formula is C20H31N5O3. The average Bonchev–Trinajstić information content (AvgIpc) is 2.49. The Balaban J connectivity index is 1.69. The first kappa shape index (κ1) is 20.2. The van der Waals surface area contributed by atoms with E-state index in [0.717, 1.165) is 22.9 Å². The molecule has 1 aromatic rings. The highest BCUT2D eigenvalue weighted by Gasteiger charge is 2.36. The van der Waals surface area contributed by atoms with Crippen molar-refractivity contribution in [2.45, 2.75) is 59.2 Å². The summed E-state index contributed by atoms with van der Waals surface area (Å²) in [6.07, 6.45) is -0.289. The molecule has 0 bridgehead atoms. The Bertz CT molecular complexity index is 781. The lowest BCUT2D eigenvalue weighted by molar-refractivity contribution is -0.118.